The third-order valence-corrected chi connectivity index (χ3v) is 2.43. The van der Waals surface area contributed by atoms with Crippen molar-refractivity contribution in [2.75, 3.05) is 12.8 Å². The highest BCUT2D eigenvalue weighted by atomic mass is 19.1. The van der Waals surface area contributed by atoms with Gasteiger partial charge in [-0.05, 0) is 24.6 Å². The van der Waals surface area contributed by atoms with Crippen molar-refractivity contribution in [2.24, 2.45) is 0 Å². The Morgan fingerprint density at radius 1 is 1.35 bits per heavy atom. The Hall–Kier alpha value is -2.17. The lowest BCUT2D eigenvalue weighted by atomic mass is 10.1. The minimum atomic E-state index is -0.448. The van der Waals surface area contributed by atoms with E-state index in [1.54, 1.807) is 31.3 Å². The minimum absolute atomic E-state index is 0.118. The normalized spacial score (nSPS) is 10.3. The number of benzene rings is 1. The maximum atomic E-state index is 14.0. The lowest BCUT2D eigenvalue weighted by molar-refractivity contribution is 0.387. The SMILES string of the molecule is COc1cccc(-c2nc(N)ncc2C)c1F. The molecule has 1 aromatic carbocycles. The van der Waals surface area contributed by atoms with Crippen LogP contribution in [0, 0.1) is 12.7 Å². The minimum Gasteiger partial charge on any atom is -0.494 e. The number of nitrogen functional groups attached to an aromatic ring is 1. The zero-order valence-corrected chi connectivity index (χ0v) is 9.57. The average Bonchev–Trinajstić information content (AvgIpc) is 2.33. The summed E-state index contributed by atoms with van der Waals surface area (Å²) in [6.45, 7) is 1.80. The summed E-state index contributed by atoms with van der Waals surface area (Å²) in [4.78, 5) is 7.90. The smallest absolute Gasteiger partial charge is 0.220 e. The van der Waals surface area contributed by atoms with Crippen molar-refractivity contribution in [1.29, 1.82) is 0 Å². The number of nitrogens with two attached hydrogens (primary N) is 1. The summed E-state index contributed by atoms with van der Waals surface area (Å²) in [5, 5.41) is 0. The third-order valence-electron chi connectivity index (χ3n) is 2.43. The second-order valence-corrected chi connectivity index (χ2v) is 3.58. The number of aryl methyl sites for hydroxylation is 1. The first-order chi connectivity index (χ1) is 8.13. The molecule has 0 bridgehead atoms. The first-order valence-corrected chi connectivity index (χ1v) is 5.05. The van der Waals surface area contributed by atoms with Gasteiger partial charge in [0, 0.05) is 11.8 Å². The van der Waals surface area contributed by atoms with Gasteiger partial charge in [-0.15, -0.1) is 0 Å². The summed E-state index contributed by atoms with van der Waals surface area (Å²) in [6.07, 6.45) is 1.57. The molecule has 2 N–H and O–H groups in total. The maximum Gasteiger partial charge on any atom is 0.220 e. The molecule has 0 saturated carbocycles. The van der Waals surface area contributed by atoms with E-state index in [4.69, 9.17) is 10.5 Å². The molecule has 0 radical (unpaired) electrons. The van der Waals surface area contributed by atoms with Crippen LogP contribution in [-0.4, -0.2) is 17.1 Å². The molecule has 4 nitrogen and oxygen atoms in total. The lowest BCUT2D eigenvalue weighted by Gasteiger charge is -2.09. The number of methoxy groups -OCH3 is 1. The fourth-order valence-electron chi connectivity index (χ4n) is 1.58. The topological polar surface area (TPSA) is 61.0 Å². The van der Waals surface area contributed by atoms with E-state index in [1.807, 2.05) is 0 Å². The van der Waals surface area contributed by atoms with Gasteiger partial charge in [0.15, 0.2) is 11.6 Å². The highest BCUT2D eigenvalue weighted by Gasteiger charge is 2.13. The lowest BCUT2D eigenvalue weighted by Crippen LogP contribution is -2.00. The fraction of sp³-hybridized carbons (Fsp3) is 0.167. The van der Waals surface area contributed by atoms with E-state index < -0.39 is 5.82 Å². The van der Waals surface area contributed by atoms with Crippen molar-refractivity contribution in [3.63, 3.8) is 0 Å². The Bertz CT molecular complexity index is 557. The van der Waals surface area contributed by atoms with Gasteiger partial charge < -0.3 is 10.5 Å². The second kappa shape index (κ2) is 4.37. The van der Waals surface area contributed by atoms with Gasteiger partial charge in [0.25, 0.3) is 0 Å². The van der Waals surface area contributed by atoms with Crippen molar-refractivity contribution in [2.45, 2.75) is 6.92 Å². The average molecular weight is 233 g/mol. The van der Waals surface area contributed by atoms with Crippen LogP contribution in [0.5, 0.6) is 5.75 Å². The van der Waals surface area contributed by atoms with Crippen molar-refractivity contribution >= 4 is 5.95 Å². The van der Waals surface area contributed by atoms with Gasteiger partial charge >= 0.3 is 0 Å². The molecule has 1 aromatic heterocycles. The predicted molar refractivity (Wildman–Crippen MR) is 63.1 cm³/mol. The second-order valence-electron chi connectivity index (χ2n) is 3.58. The van der Waals surface area contributed by atoms with Crippen LogP contribution in [0.4, 0.5) is 10.3 Å². The van der Waals surface area contributed by atoms with Crippen molar-refractivity contribution in [3.05, 3.63) is 35.8 Å². The van der Waals surface area contributed by atoms with E-state index in [9.17, 15) is 4.39 Å². The number of nitrogens with zero attached hydrogens (tertiary/aromatic N) is 2. The molecular formula is C12H12FN3O. The van der Waals surface area contributed by atoms with E-state index in [0.29, 0.717) is 11.3 Å². The van der Waals surface area contributed by atoms with Gasteiger partial charge in [-0.3, -0.25) is 0 Å². The Kier molecular flexibility index (Phi) is 2.91. The summed E-state index contributed by atoms with van der Waals surface area (Å²) in [6, 6.07) is 4.89. The number of anilines is 1. The summed E-state index contributed by atoms with van der Waals surface area (Å²) >= 11 is 0. The summed E-state index contributed by atoms with van der Waals surface area (Å²) in [5.74, 6) is -0.150. The molecule has 2 aromatic rings. The van der Waals surface area contributed by atoms with Crippen LogP contribution in [0.2, 0.25) is 0 Å². The van der Waals surface area contributed by atoms with E-state index in [1.165, 1.54) is 7.11 Å². The molecule has 0 amide bonds. The number of ether oxygens (including phenoxy) is 1. The largest absolute Gasteiger partial charge is 0.494 e. The predicted octanol–water partition coefficient (Wildman–Crippen LogP) is 2.18. The molecule has 0 spiro atoms. The van der Waals surface area contributed by atoms with Gasteiger partial charge in [-0.1, -0.05) is 6.07 Å². The molecule has 0 aliphatic heterocycles. The van der Waals surface area contributed by atoms with Gasteiger partial charge in [0.2, 0.25) is 5.95 Å². The Morgan fingerprint density at radius 2 is 2.12 bits per heavy atom. The van der Waals surface area contributed by atoms with E-state index in [2.05, 4.69) is 9.97 Å². The standard InChI is InChI=1S/C12H12FN3O/c1-7-6-15-12(14)16-11(7)8-4-3-5-9(17-2)10(8)13/h3-6H,1-2H3,(H2,14,15,16). The highest BCUT2D eigenvalue weighted by Crippen LogP contribution is 2.29. The Morgan fingerprint density at radius 3 is 2.82 bits per heavy atom. The van der Waals surface area contributed by atoms with Crippen LogP contribution in [0.15, 0.2) is 24.4 Å². The van der Waals surface area contributed by atoms with Gasteiger partial charge in [0.1, 0.15) is 0 Å². The molecule has 17 heavy (non-hydrogen) atoms. The highest BCUT2D eigenvalue weighted by molar-refractivity contribution is 5.66. The number of aromatic nitrogens is 2. The van der Waals surface area contributed by atoms with Crippen LogP contribution < -0.4 is 10.5 Å². The zero-order chi connectivity index (χ0) is 12.4. The Balaban J connectivity index is 2.64. The third kappa shape index (κ3) is 2.04. The summed E-state index contributed by atoms with van der Waals surface area (Å²) in [5.41, 5.74) is 7.10. The van der Waals surface area contributed by atoms with Crippen LogP contribution >= 0.6 is 0 Å². The molecule has 0 aliphatic rings. The fourth-order valence-corrected chi connectivity index (χ4v) is 1.58. The van der Waals surface area contributed by atoms with Crippen LogP contribution in [0.1, 0.15) is 5.56 Å². The van der Waals surface area contributed by atoms with Crippen molar-refractivity contribution in [1.82, 2.24) is 9.97 Å². The van der Waals surface area contributed by atoms with Gasteiger partial charge in [0.05, 0.1) is 12.8 Å². The molecule has 5 heteroatoms. The number of hydrogen-bond acceptors (Lipinski definition) is 4. The van der Waals surface area contributed by atoms with E-state index in [0.717, 1.165) is 5.56 Å². The van der Waals surface area contributed by atoms with Crippen LogP contribution in [0.25, 0.3) is 11.3 Å². The van der Waals surface area contributed by atoms with E-state index >= 15 is 0 Å². The summed E-state index contributed by atoms with van der Waals surface area (Å²) in [7, 11) is 1.42. The van der Waals surface area contributed by atoms with Crippen LogP contribution in [-0.2, 0) is 0 Å². The number of rotatable bonds is 2. The number of halogens is 1. The zero-order valence-electron chi connectivity index (χ0n) is 9.57. The van der Waals surface area contributed by atoms with Gasteiger partial charge in [-0.2, -0.15) is 0 Å². The first-order valence-electron chi connectivity index (χ1n) is 5.05. The molecule has 2 rings (SSSR count). The monoisotopic (exact) mass is 233 g/mol. The maximum absolute atomic E-state index is 14.0. The van der Waals surface area contributed by atoms with Crippen LogP contribution in [0.3, 0.4) is 0 Å². The molecule has 0 atom stereocenters. The molecule has 0 fully saturated rings. The molecular weight excluding hydrogens is 221 g/mol. The molecule has 88 valence electrons. The summed E-state index contributed by atoms with van der Waals surface area (Å²) < 4.78 is 19.0. The quantitative estimate of drug-likeness (QED) is 0.863. The molecule has 0 unspecified atom stereocenters. The molecule has 0 saturated heterocycles. The molecule has 0 aliphatic carbocycles. The van der Waals surface area contributed by atoms with Crippen molar-refractivity contribution in [3.8, 4) is 17.0 Å². The first kappa shape index (κ1) is 11.3. The van der Waals surface area contributed by atoms with Crippen molar-refractivity contribution < 1.29 is 9.13 Å². The van der Waals surface area contributed by atoms with E-state index in [-0.39, 0.29) is 11.7 Å². The van der Waals surface area contributed by atoms with Gasteiger partial charge in [-0.25, -0.2) is 14.4 Å². The number of hydrogen-bond donors (Lipinski definition) is 1. The molecule has 1 heterocycles. The Labute approximate surface area is 98.3 Å².